The minimum atomic E-state index is 0. The summed E-state index contributed by atoms with van der Waals surface area (Å²) in [4.78, 5) is 4.42. The van der Waals surface area contributed by atoms with Crippen molar-refractivity contribution in [2.45, 2.75) is 13.3 Å². The number of thioether (sulfide) groups is 1. The normalized spacial score (nSPS) is 10.4. The molecule has 0 aliphatic carbocycles. The number of halogens is 1. The highest BCUT2D eigenvalue weighted by Gasteiger charge is 1.93. The highest BCUT2D eigenvalue weighted by molar-refractivity contribution is 14.0. The zero-order valence-electron chi connectivity index (χ0n) is 9.58. The van der Waals surface area contributed by atoms with Gasteiger partial charge < -0.3 is 10.6 Å². The van der Waals surface area contributed by atoms with Gasteiger partial charge in [0.1, 0.15) is 0 Å². The van der Waals surface area contributed by atoms with Crippen molar-refractivity contribution in [2.24, 2.45) is 4.99 Å². The van der Waals surface area contributed by atoms with Crippen molar-refractivity contribution in [1.29, 1.82) is 0 Å². The van der Waals surface area contributed by atoms with Crippen LogP contribution in [0.3, 0.4) is 0 Å². The maximum absolute atomic E-state index is 4.42. The Kier molecular flexibility index (Phi) is 16.4. The van der Waals surface area contributed by atoms with Crippen LogP contribution in [0.25, 0.3) is 0 Å². The molecule has 0 amide bonds. The number of nitrogens with one attached hydrogen (secondary N) is 2. The quantitative estimate of drug-likeness (QED) is 0.244. The molecule has 5 heteroatoms. The standard InChI is InChI=1S/C10H21N3S.HI/c1-4-7-12-10(11-5-2)13-8-6-9-14-3;/h4H,1,5-9H2,2-3H3,(H2,11,12,13);1H. The average molecular weight is 343 g/mol. The maximum atomic E-state index is 4.42. The lowest BCUT2D eigenvalue weighted by molar-refractivity contribution is 0.846. The predicted octanol–water partition coefficient (Wildman–Crippen LogP) is 2.10. The molecule has 0 saturated carbocycles. The van der Waals surface area contributed by atoms with Crippen LogP contribution in [0.15, 0.2) is 17.6 Å². The zero-order chi connectivity index (χ0) is 10.6. The largest absolute Gasteiger partial charge is 0.357 e. The van der Waals surface area contributed by atoms with E-state index in [0.717, 1.165) is 32.0 Å². The molecule has 0 aromatic rings. The molecule has 0 aliphatic heterocycles. The molecule has 0 rings (SSSR count). The van der Waals surface area contributed by atoms with Crippen molar-refractivity contribution in [3.8, 4) is 0 Å². The lowest BCUT2D eigenvalue weighted by Gasteiger charge is -2.08. The van der Waals surface area contributed by atoms with Crippen LogP contribution >= 0.6 is 35.7 Å². The zero-order valence-corrected chi connectivity index (χ0v) is 12.7. The summed E-state index contributed by atoms with van der Waals surface area (Å²) in [5, 5.41) is 6.34. The molecule has 0 aromatic carbocycles. The fraction of sp³-hybridized carbons (Fsp3) is 0.700. The first kappa shape index (κ1) is 17.5. The summed E-state index contributed by atoms with van der Waals surface area (Å²) in [7, 11) is 0. The molecule has 90 valence electrons. The molecule has 0 bridgehead atoms. The SMILES string of the molecule is C=CCNC(=NCCCSC)NCC.I. The molecule has 0 fully saturated rings. The van der Waals surface area contributed by atoms with Crippen molar-refractivity contribution in [1.82, 2.24) is 10.6 Å². The van der Waals surface area contributed by atoms with Crippen LogP contribution in [-0.2, 0) is 0 Å². The van der Waals surface area contributed by atoms with Crippen LogP contribution in [0.2, 0.25) is 0 Å². The predicted molar refractivity (Wildman–Crippen MR) is 82.6 cm³/mol. The van der Waals surface area contributed by atoms with Gasteiger partial charge in [-0.3, -0.25) is 4.99 Å². The molecule has 0 aromatic heterocycles. The van der Waals surface area contributed by atoms with Crippen LogP contribution in [0.5, 0.6) is 0 Å². The highest BCUT2D eigenvalue weighted by Crippen LogP contribution is 1.94. The van der Waals surface area contributed by atoms with E-state index in [9.17, 15) is 0 Å². The van der Waals surface area contributed by atoms with Crippen LogP contribution in [0.1, 0.15) is 13.3 Å². The second kappa shape index (κ2) is 14.1. The summed E-state index contributed by atoms with van der Waals surface area (Å²) in [6.07, 6.45) is 5.07. The van der Waals surface area contributed by atoms with E-state index in [-0.39, 0.29) is 24.0 Å². The summed E-state index contributed by atoms with van der Waals surface area (Å²) in [5.74, 6) is 2.05. The monoisotopic (exact) mass is 343 g/mol. The van der Waals surface area contributed by atoms with Gasteiger partial charge in [-0.25, -0.2) is 0 Å². The lowest BCUT2D eigenvalue weighted by Crippen LogP contribution is -2.37. The first-order valence-electron chi connectivity index (χ1n) is 4.97. The van der Waals surface area contributed by atoms with Gasteiger partial charge in [0.15, 0.2) is 5.96 Å². The van der Waals surface area contributed by atoms with Crippen LogP contribution in [0.4, 0.5) is 0 Å². The van der Waals surface area contributed by atoms with E-state index >= 15 is 0 Å². The minimum absolute atomic E-state index is 0. The third-order valence-corrected chi connectivity index (χ3v) is 2.23. The van der Waals surface area contributed by atoms with Crippen LogP contribution in [0, 0.1) is 0 Å². The Morgan fingerprint density at radius 1 is 1.47 bits per heavy atom. The summed E-state index contributed by atoms with van der Waals surface area (Å²) in [6.45, 7) is 8.25. The Bertz CT molecular complexity index is 174. The van der Waals surface area contributed by atoms with E-state index in [1.54, 1.807) is 0 Å². The first-order valence-corrected chi connectivity index (χ1v) is 6.36. The Morgan fingerprint density at radius 2 is 2.20 bits per heavy atom. The van der Waals surface area contributed by atoms with Gasteiger partial charge in [-0.2, -0.15) is 11.8 Å². The first-order chi connectivity index (χ1) is 6.85. The molecule has 0 saturated heterocycles. The number of guanidine groups is 1. The van der Waals surface area contributed by atoms with Gasteiger partial charge in [-0.1, -0.05) is 6.08 Å². The van der Waals surface area contributed by atoms with Gasteiger partial charge in [0, 0.05) is 19.6 Å². The third-order valence-electron chi connectivity index (χ3n) is 1.53. The van der Waals surface area contributed by atoms with Crippen molar-refractivity contribution >= 4 is 41.7 Å². The van der Waals surface area contributed by atoms with Gasteiger partial charge in [0.25, 0.3) is 0 Å². The molecule has 0 aliphatic rings. The smallest absolute Gasteiger partial charge is 0.191 e. The van der Waals surface area contributed by atoms with Crippen molar-refractivity contribution in [3.05, 3.63) is 12.7 Å². The van der Waals surface area contributed by atoms with Crippen molar-refractivity contribution in [3.63, 3.8) is 0 Å². The highest BCUT2D eigenvalue weighted by atomic mass is 127. The topological polar surface area (TPSA) is 36.4 Å². The summed E-state index contributed by atoms with van der Waals surface area (Å²) < 4.78 is 0. The van der Waals surface area contributed by atoms with Gasteiger partial charge >= 0.3 is 0 Å². The lowest BCUT2D eigenvalue weighted by atomic mass is 10.5. The minimum Gasteiger partial charge on any atom is -0.357 e. The molecule has 0 radical (unpaired) electrons. The Balaban J connectivity index is 0. The van der Waals surface area contributed by atoms with E-state index < -0.39 is 0 Å². The van der Waals surface area contributed by atoms with Crippen LogP contribution in [-0.4, -0.2) is 37.6 Å². The molecule has 0 spiro atoms. The molecule has 0 heterocycles. The second-order valence-corrected chi connectivity index (χ2v) is 3.76. The number of rotatable bonds is 7. The second-order valence-electron chi connectivity index (χ2n) is 2.78. The molecule has 0 atom stereocenters. The van der Waals surface area contributed by atoms with E-state index in [0.29, 0.717) is 0 Å². The molecular weight excluding hydrogens is 321 g/mol. The fourth-order valence-electron chi connectivity index (χ4n) is 0.910. The van der Waals surface area contributed by atoms with Crippen molar-refractivity contribution < 1.29 is 0 Å². The number of aliphatic imine (C=N–C) groups is 1. The Hall–Kier alpha value is 0.0900. The average Bonchev–Trinajstić information content (AvgIpc) is 2.20. The van der Waals surface area contributed by atoms with E-state index in [1.165, 1.54) is 5.75 Å². The van der Waals surface area contributed by atoms with E-state index in [4.69, 9.17) is 0 Å². The van der Waals surface area contributed by atoms with Crippen molar-refractivity contribution in [2.75, 3.05) is 31.6 Å². The van der Waals surface area contributed by atoms with Crippen LogP contribution < -0.4 is 10.6 Å². The Labute approximate surface area is 115 Å². The number of nitrogens with zero attached hydrogens (tertiary/aromatic N) is 1. The van der Waals surface area contributed by atoms with Gasteiger partial charge in [0.05, 0.1) is 0 Å². The molecule has 2 N–H and O–H groups in total. The fourth-order valence-corrected chi connectivity index (χ4v) is 1.33. The maximum Gasteiger partial charge on any atom is 0.191 e. The molecular formula is C10H22IN3S. The molecule has 15 heavy (non-hydrogen) atoms. The molecule has 3 nitrogen and oxygen atoms in total. The number of hydrogen-bond donors (Lipinski definition) is 2. The summed E-state index contributed by atoms with van der Waals surface area (Å²) in [6, 6.07) is 0. The van der Waals surface area contributed by atoms with E-state index in [2.05, 4.69) is 35.4 Å². The van der Waals surface area contributed by atoms with Gasteiger partial charge in [-0.15, -0.1) is 30.6 Å². The van der Waals surface area contributed by atoms with E-state index in [1.807, 2.05) is 17.8 Å². The van der Waals surface area contributed by atoms with Gasteiger partial charge in [0.2, 0.25) is 0 Å². The Morgan fingerprint density at radius 3 is 2.73 bits per heavy atom. The third kappa shape index (κ3) is 12.0. The molecule has 0 unspecified atom stereocenters. The number of hydrogen-bond acceptors (Lipinski definition) is 2. The van der Waals surface area contributed by atoms with Gasteiger partial charge in [-0.05, 0) is 25.4 Å². The summed E-state index contributed by atoms with van der Waals surface area (Å²) >= 11 is 1.86. The summed E-state index contributed by atoms with van der Waals surface area (Å²) in [5.41, 5.74) is 0.